The summed E-state index contributed by atoms with van der Waals surface area (Å²) in [6, 6.07) is 18.2. The fourth-order valence-corrected chi connectivity index (χ4v) is 2.79. The maximum absolute atomic E-state index is 14.5. The lowest BCUT2D eigenvalue weighted by Crippen LogP contribution is -2.12. The summed E-state index contributed by atoms with van der Waals surface area (Å²) in [7, 11) is 0. The average molecular weight is 495 g/mol. The average Bonchev–Trinajstić information content (AvgIpc) is 2.90. The van der Waals surface area contributed by atoms with Crippen molar-refractivity contribution in [1.82, 2.24) is 0 Å². The van der Waals surface area contributed by atoms with Crippen molar-refractivity contribution in [2.45, 2.75) is 6.92 Å². The number of rotatable bonds is 7. The minimum atomic E-state index is -0.550. The molecule has 0 amide bonds. The molecule has 3 aromatic carbocycles. The molecule has 5 nitrogen and oxygen atoms in total. The fourth-order valence-electron chi connectivity index (χ4n) is 2.79. The van der Waals surface area contributed by atoms with E-state index in [4.69, 9.17) is 14.2 Å². The Kier molecular flexibility index (Phi) is 9.42. The normalized spacial score (nSPS) is 9.57. The molecule has 37 heavy (non-hydrogen) atoms. The zero-order valence-electron chi connectivity index (χ0n) is 20.2. The van der Waals surface area contributed by atoms with Crippen LogP contribution in [-0.2, 0) is 14.3 Å². The van der Waals surface area contributed by atoms with Crippen LogP contribution in [0.3, 0.4) is 0 Å². The number of hydrogen-bond donors (Lipinski definition) is 0. The molecule has 0 spiro atoms. The van der Waals surface area contributed by atoms with Gasteiger partial charge in [0.05, 0.1) is 5.56 Å². The predicted octanol–water partition coefficient (Wildman–Crippen LogP) is 5.21. The van der Waals surface area contributed by atoms with Crippen molar-refractivity contribution in [3.8, 4) is 35.2 Å². The van der Waals surface area contributed by atoms with E-state index in [1.165, 1.54) is 6.07 Å². The van der Waals surface area contributed by atoms with Gasteiger partial charge in [0.2, 0.25) is 0 Å². The Morgan fingerprint density at radius 2 is 1.41 bits per heavy atom. The standard InChI is InChI=1S/C31H23FO5/c1-4-30(33)37-28-17-11-24(12-18-28)7-13-26-14-8-25(21-29(26)32)6-5-23-9-15-27(16-10-23)35-19-20-36-31(34)22(2)3/h4,8-12,14-18,21H,1-2,19-20H2,3H3. The Bertz CT molecular complexity index is 1430. The Morgan fingerprint density at radius 3 is 2.00 bits per heavy atom. The van der Waals surface area contributed by atoms with Crippen molar-refractivity contribution in [1.29, 1.82) is 0 Å². The van der Waals surface area contributed by atoms with Crippen molar-refractivity contribution in [3.63, 3.8) is 0 Å². The van der Waals surface area contributed by atoms with Crippen LogP contribution < -0.4 is 9.47 Å². The summed E-state index contributed by atoms with van der Waals surface area (Å²) in [6.07, 6.45) is 1.08. The number of benzene rings is 3. The molecule has 3 rings (SSSR count). The van der Waals surface area contributed by atoms with Gasteiger partial charge in [-0.1, -0.05) is 36.8 Å². The first-order chi connectivity index (χ1) is 17.8. The largest absolute Gasteiger partial charge is 0.490 e. The van der Waals surface area contributed by atoms with Crippen molar-refractivity contribution in [2.24, 2.45) is 0 Å². The molecule has 0 saturated heterocycles. The van der Waals surface area contributed by atoms with Gasteiger partial charge in [0.15, 0.2) is 0 Å². The highest BCUT2D eigenvalue weighted by molar-refractivity contribution is 5.86. The minimum absolute atomic E-state index is 0.124. The quantitative estimate of drug-likeness (QED) is 0.148. The molecule has 0 aliphatic carbocycles. The highest BCUT2D eigenvalue weighted by atomic mass is 19.1. The zero-order valence-corrected chi connectivity index (χ0v) is 20.2. The third-order valence-electron chi connectivity index (χ3n) is 4.69. The summed E-state index contributed by atoms with van der Waals surface area (Å²) < 4.78 is 30.0. The van der Waals surface area contributed by atoms with Gasteiger partial charge in [-0.25, -0.2) is 14.0 Å². The third-order valence-corrected chi connectivity index (χ3v) is 4.69. The molecular weight excluding hydrogens is 471 g/mol. The van der Waals surface area contributed by atoms with E-state index in [-0.39, 0.29) is 18.8 Å². The maximum Gasteiger partial charge on any atom is 0.335 e. The van der Waals surface area contributed by atoms with Gasteiger partial charge in [-0.3, -0.25) is 0 Å². The van der Waals surface area contributed by atoms with E-state index in [2.05, 4.69) is 36.8 Å². The molecule has 0 N–H and O–H groups in total. The number of halogens is 1. The van der Waals surface area contributed by atoms with Crippen LogP contribution in [0.15, 0.2) is 91.5 Å². The minimum Gasteiger partial charge on any atom is -0.490 e. The molecule has 184 valence electrons. The van der Waals surface area contributed by atoms with E-state index in [1.807, 2.05) is 0 Å². The summed E-state index contributed by atoms with van der Waals surface area (Å²) in [5.41, 5.74) is 2.46. The van der Waals surface area contributed by atoms with Crippen LogP contribution >= 0.6 is 0 Å². The number of ether oxygens (including phenoxy) is 3. The van der Waals surface area contributed by atoms with Gasteiger partial charge in [0.1, 0.15) is 30.5 Å². The predicted molar refractivity (Wildman–Crippen MR) is 138 cm³/mol. The molecule has 0 bridgehead atoms. The monoisotopic (exact) mass is 494 g/mol. The molecule has 0 atom stereocenters. The van der Waals surface area contributed by atoms with E-state index < -0.39 is 17.8 Å². The van der Waals surface area contributed by atoms with E-state index in [0.29, 0.717) is 28.2 Å². The molecule has 0 radical (unpaired) electrons. The van der Waals surface area contributed by atoms with Crippen LogP contribution in [0.1, 0.15) is 29.2 Å². The highest BCUT2D eigenvalue weighted by Gasteiger charge is 2.03. The first-order valence-corrected chi connectivity index (χ1v) is 11.2. The van der Waals surface area contributed by atoms with E-state index in [1.54, 1.807) is 67.6 Å². The van der Waals surface area contributed by atoms with Crippen LogP contribution in [-0.4, -0.2) is 25.2 Å². The molecule has 0 saturated carbocycles. The second-order valence-electron chi connectivity index (χ2n) is 7.63. The van der Waals surface area contributed by atoms with Crippen LogP contribution in [0.5, 0.6) is 11.5 Å². The Morgan fingerprint density at radius 1 is 0.838 bits per heavy atom. The summed E-state index contributed by atoms with van der Waals surface area (Å²) in [4.78, 5) is 22.5. The first kappa shape index (κ1) is 26.5. The molecule has 0 unspecified atom stereocenters. The molecular formula is C31H23FO5. The summed E-state index contributed by atoms with van der Waals surface area (Å²) in [6.45, 7) is 8.77. The number of carbonyl (C=O) groups excluding carboxylic acids is 2. The van der Waals surface area contributed by atoms with Crippen LogP contribution in [0, 0.1) is 29.5 Å². The third kappa shape index (κ3) is 8.58. The van der Waals surface area contributed by atoms with Crippen LogP contribution in [0.4, 0.5) is 4.39 Å². The topological polar surface area (TPSA) is 61.8 Å². The Balaban J connectivity index is 1.57. The van der Waals surface area contributed by atoms with Crippen LogP contribution in [0.2, 0.25) is 0 Å². The Labute approximate surface area is 215 Å². The van der Waals surface area contributed by atoms with Gasteiger partial charge in [0, 0.05) is 28.3 Å². The molecule has 0 aromatic heterocycles. The van der Waals surface area contributed by atoms with Crippen LogP contribution in [0.25, 0.3) is 0 Å². The molecule has 0 aliphatic heterocycles. The molecule has 0 aliphatic rings. The number of carbonyl (C=O) groups is 2. The van der Waals surface area contributed by atoms with Crippen molar-refractivity contribution in [2.75, 3.05) is 13.2 Å². The number of esters is 2. The van der Waals surface area contributed by atoms with E-state index in [0.717, 1.165) is 11.6 Å². The smallest absolute Gasteiger partial charge is 0.335 e. The number of hydrogen-bond acceptors (Lipinski definition) is 5. The van der Waals surface area contributed by atoms with E-state index in [9.17, 15) is 14.0 Å². The SMILES string of the molecule is C=CC(=O)Oc1ccc(C#Cc2ccc(C#Cc3ccc(OCCOC(=O)C(=C)C)cc3)cc2F)cc1. The highest BCUT2D eigenvalue weighted by Crippen LogP contribution is 2.14. The fraction of sp³-hybridized carbons (Fsp3) is 0.0968. The van der Waals surface area contributed by atoms with E-state index >= 15 is 0 Å². The van der Waals surface area contributed by atoms with Crippen molar-refractivity contribution >= 4 is 11.9 Å². The van der Waals surface area contributed by atoms with Crippen molar-refractivity contribution < 1.29 is 28.2 Å². The summed E-state index contributed by atoms with van der Waals surface area (Å²) in [5, 5.41) is 0. The lowest BCUT2D eigenvalue weighted by atomic mass is 10.1. The van der Waals surface area contributed by atoms with Gasteiger partial charge in [0.25, 0.3) is 0 Å². The van der Waals surface area contributed by atoms with Gasteiger partial charge in [-0.2, -0.15) is 0 Å². The first-order valence-electron chi connectivity index (χ1n) is 11.2. The summed E-state index contributed by atoms with van der Waals surface area (Å²) in [5.74, 6) is 11.1. The molecule has 6 heteroatoms. The molecule has 0 fully saturated rings. The molecule has 3 aromatic rings. The Hall–Kier alpha value is -5.07. The lowest BCUT2D eigenvalue weighted by molar-refractivity contribution is -0.139. The lowest BCUT2D eigenvalue weighted by Gasteiger charge is -2.07. The van der Waals surface area contributed by atoms with Gasteiger partial charge >= 0.3 is 11.9 Å². The maximum atomic E-state index is 14.5. The second kappa shape index (κ2) is 13.1. The molecule has 0 heterocycles. The second-order valence-corrected chi connectivity index (χ2v) is 7.63. The summed E-state index contributed by atoms with van der Waals surface area (Å²) >= 11 is 0. The van der Waals surface area contributed by atoms with Gasteiger partial charge < -0.3 is 14.2 Å². The van der Waals surface area contributed by atoms with Gasteiger partial charge in [-0.15, -0.1) is 0 Å². The van der Waals surface area contributed by atoms with Crippen molar-refractivity contribution in [3.05, 3.63) is 120 Å². The van der Waals surface area contributed by atoms with Gasteiger partial charge in [-0.05, 0) is 73.7 Å². The zero-order chi connectivity index (χ0) is 26.6.